The summed E-state index contributed by atoms with van der Waals surface area (Å²) in [5.74, 6) is -0.284. The highest BCUT2D eigenvalue weighted by Crippen LogP contribution is 2.29. The van der Waals surface area contributed by atoms with Gasteiger partial charge in [-0.1, -0.05) is 13.8 Å². The number of rotatable bonds is 6. The van der Waals surface area contributed by atoms with Crippen molar-refractivity contribution >= 4 is 17.0 Å². The Hall–Kier alpha value is -1.92. The molecule has 6 nitrogen and oxygen atoms in total. The number of nitrogens with zero attached hydrogens (tertiary/aromatic N) is 2. The lowest BCUT2D eigenvalue weighted by molar-refractivity contribution is 0.0607. The largest absolute Gasteiger partial charge is 0.478 e. The summed E-state index contributed by atoms with van der Waals surface area (Å²) in [6, 6.07) is 4.71. The number of carbonyl (C=O) groups is 1. The lowest BCUT2D eigenvalue weighted by Crippen LogP contribution is -2.41. The third-order valence-corrected chi connectivity index (χ3v) is 4.01. The number of fused-ring (bicyclic) bond motifs is 1. The maximum Gasteiger partial charge on any atom is 0.335 e. The van der Waals surface area contributed by atoms with Crippen molar-refractivity contribution in [2.45, 2.75) is 32.2 Å². The highest BCUT2D eigenvalue weighted by molar-refractivity contribution is 5.92. The summed E-state index contributed by atoms with van der Waals surface area (Å²) in [6.07, 6.45) is 1.16. The minimum Gasteiger partial charge on any atom is -0.478 e. The number of carboxylic acid groups (broad SMARTS) is 1. The lowest BCUT2D eigenvalue weighted by atomic mass is 9.97. The van der Waals surface area contributed by atoms with Crippen LogP contribution in [0.1, 0.15) is 36.5 Å². The van der Waals surface area contributed by atoms with Crippen molar-refractivity contribution in [3.8, 4) is 0 Å². The first-order valence-electron chi connectivity index (χ1n) is 6.99. The number of aliphatic hydroxyl groups is 2. The van der Waals surface area contributed by atoms with Gasteiger partial charge < -0.3 is 19.9 Å². The van der Waals surface area contributed by atoms with Crippen LogP contribution in [0.5, 0.6) is 0 Å². The van der Waals surface area contributed by atoms with Crippen LogP contribution in [0, 0.1) is 0 Å². The van der Waals surface area contributed by atoms with Gasteiger partial charge in [-0.15, -0.1) is 0 Å². The first-order chi connectivity index (χ1) is 10.0. The number of aliphatic hydroxyl groups excluding tert-OH is 2. The van der Waals surface area contributed by atoms with Gasteiger partial charge in [-0.25, -0.2) is 9.78 Å². The number of benzene rings is 1. The van der Waals surface area contributed by atoms with Gasteiger partial charge in [-0.2, -0.15) is 0 Å². The Bertz CT molecular complexity index is 651. The zero-order valence-electron chi connectivity index (χ0n) is 12.2. The first kappa shape index (κ1) is 15.5. The second kappa shape index (κ2) is 5.83. The predicted molar refractivity (Wildman–Crippen MR) is 78.5 cm³/mol. The average molecular weight is 292 g/mol. The standard InChI is InChI=1S/C15H20N2O4/c1-3-13-16-11-7-10(14(20)21)5-6-12(11)17(13)15(4-2,8-18)9-19/h5-7,18-19H,3-4,8-9H2,1-2H3,(H,20,21). The normalized spacial score (nSPS) is 12.0. The second-order valence-electron chi connectivity index (χ2n) is 5.12. The van der Waals surface area contributed by atoms with E-state index in [1.165, 1.54) is 12.1 Å². The maximum atomic E-state index is 11.1. The molecule has 114 valence electrons. The molecule has 0 amide bonds. The van der Waals surface area contributed by atoms with Gasteiger partial charge >= 0.3 is 5.97 Å². The van der Waals surface area contributed by atoms with E-state index in [0.717, 1.165) is 11.3 Å². The van der Waals surface area contributed by atoms with Gasteiger partial charge in [0, 0.05) is 6.42 Å². The zero-order valence-corrected chi connectivity index (χ0v) is 12.2. The topological polar surface area (TPSA) is 95.6 Å². The number of aryl methyl sites for hydroxylation is 1. The van der Waals surface area contributed by atoms with Crippen LogP contribution in [0.15, 0.2) is 18.2 Å². The molecule has 0 atom stereocenters. The third-order valence-electron chi connectivity index (χ3n) is 4.01. The van der Waals surface area contributed by atoms with E-state index in [1.54, 1.807) is 6.07 Å². The minimum absolute atomic E-state index is 0.171. The van der Waals surface area contributed by atoms with Gasteiger partial charge in [0.2, 0.25) is 0 Å². The number of hydrogen-bond acceptors (Lipinski definition) is 4. The van der Waals surface area contributed by atoms with E-state index in [1.807, 2.05) is 18.4 Å². The number of carboxylic acids is 1. The highest BCUT2D eigenvalue weighted by Gasteiger charge is 2.32. The molecule has 1 heterocycles. The molecule has 0 saturated carbocycles. The van der Waals surface area contributed by atoms with Crippen molar-refractivity contribution in [1.82, 2.24) is 9.55 Å². The Labute approximate surface area is 122 Å². The van der Waals surface area contributed by atoms with E-state index in [4.69, 9.17) is 5.11 Å². The summed E-state index contributed by atoms with van der Waals surface area (Å²) in [7, 11) is 0. The van der Waals surface area contributed by atoms with Crippen LogP contribution in [0.4, 0.5) is 0 Å². The molecule has 3 N–H and O–H groups in total. The molecule has 2 aromatic rings. The molecule has 2 rings (SSSR count). The molecule has 0 aliphatic carbocycles. The number of aromatic carboxylic acids is 1. The Morgan fingerprint density at radius 1 is 1.29 bits per heavy atom. The van der Waals surface area contributed by atoms with E-state index in [2.05, 4.69) is 4.98 Å². The fourth-order valence-electron chi connectivity index (χ4n) is 2.60. The Kier molecular flexibility index (Phi) is 4.29. The van der Waals surface area contributed by atoms with Crippen LogP contribution in [-0.4, -0.2) is 44.1 Å². The van der Waals surface area contributed by atoms with Gasteiger partial charge in [0.1, 0.15) is 5.82 Å². The van der Waals surface area contributed by atoms with Gasteiger partial charge in [0.15, 0.2) is 0 Å². The van der Waals surface area contributed by atoms with Crippen LogP contribution < -0.4 is 0 Å². The Morgan fingerprint density at radius 3 is 2.43 bits per heavy atom. The van der Waals surface area contributed by atoms with Crippen LogP contribution in [0.2, 0.25) is 0 Å². The summed E-state index contributed by atoms with van der Waals surface area (Å²) >= 11 is 0. The second-order valence-corrected chi connectivity index (χ2v) is 5.12. The van der Waals surface area contributed by atoms with Gasteiger partial charge in [-0.05, 0) is 24.6 Å². The molecule has 0 aliphatic heterocycles. The molecule has 0 fully saturated rings. The summed E-state index contributed by atoms with van der Waals surface area (Å²) in [4.78, 5) is 15.5. The van der Waals surface area contributed by atoms with Crippen molar-refractivity contribution in [1.29, 1.82) is 0 Å². The SMILES string of the molecule is CCc1nc2cc(C(=O)O)ccc2n1C(CC)(CO)CO. The fourth-order valence-corrected chi connectivity index (χ4v) is 2.60. The maximum absolute atomic E-state index is 11.1. The van der Waals surface area contributed by atoms with E-state index in [9.17, 15) is 15.0 Å². The predicted octanol–water partition coefficient (Wildman–Crippen LogP) is 1.39. The van der Waals surface area contributed by atoms with E-state index >= 15 is 0 Å². The van der Waals surface area contributed by atoms with E-state index in [0.29, 0.717) is 18.4 Å². The molecule has 1 aromatic carbocycles. The van der Waals surface area contributed by atoms with Crippen molar-refractivity contribution < 1.29 is 20.1 Å². The molecule has 0 spiro atoms. The smallest absolute Gasteiger partial charge is 0.335 e. The van der Waals surface area contributed by atoms with Crippen LogP contribution in [0.3, 0.4) is 0 Å². The van der Waals surface area contributed by atoms with Crippen molar-refractivity contribution in [2.75, 3.05) is 13.2 Å². The number of aromatic nitrogens is 2. The van der Waals surface area contributed by atoms with E-state index < -0.39 is 11.5 Å². The summed E-state index contributed by atoms with van der Waals surface area (Å²) in [6.45, 7) is 3.41. The Balaban J connectivity index is 2.75. The zero-order chi connectivity index (χ0) is 15.6. The van der Waals surface area contributed by atoms with Crippen LogP contribution in [-0.2, 0) is 12.0 Å². The molecular formula is C15H20N2O4. The number of hydrogen-bond donors (Lipinski definition) is 3. The van der Waals surface area contributed by atoms with E-state index in [-0.39, 0.29) is 18.8 Å². The molecule has 0 unspecified atom stereocenters. The van der Waals surface area contributed by atoms with Crippen LogP contribution in [0.25, 0.3) is 11.0 Å². The summed E-state index contributed by atoms with van der Waals surface area (Å²) in [5, 5.41) is 28.6. The van der Waals surface area contributed by atoms with Crippen molar-refractivity contribution in [3.63, 3.8) is 0 Å². The summed E-state index contributed by atoms with van der Waals surface area (Å²) in [5.41, 5.74) is 0.628. The lowest BCUT2D eigenvalue weighted by Gasteiger charge is -2.32. The molecular weight excluding hydrogens is 272 g/mol. The molecule has 1 aromatic heterocycles. The van der Waals surface area contributed by atoms with Crippen LogP contribution >= 0.6 is 0 Å². The fraction of sp³-hybridized carbons (Fsp3) is 0.467. The minimum atomic E-state index is -1.00. The van der Waals surface area contributed by atoms with Gasteiger partial charge in [-0.3, -0.25) is 0 Å². The highest BCUT2D eigenvalue weighted by atomic mass is 16.4. The van der Waals surface area contributed by atoms with Gasteiger partial charge in [0.25, 0.3) is 0 Å². The first-order valence-corrected chi connectivity index (χ1v) is 6.99. The average Bonchev–Trinajstić information content (AvgIpc) is 2.88. The van der Waals surface area contributed by atoms with Crippen molar-refractivity contribution in [2.24, 2.45) is 0 Å². The third kappa shape index (κ3) is 2.41. The molecule has 6 heteroatoms. The number of imidazole rings is 1. The molecule has 0 aliphatic rings. The quantitative estimate of drug-likeness (QED) is 0.747. The molecule has 21 heavy (non-hydrogen) atoms. The Morgan fingerprint density at radius 2 is 1.95 bits per heavy atom. The monoisotopic (exact) mass is 292 g/mol. The van der Waals surface area contributed by atoms with Crippen molar-refractivity contribution in [3.05, 3.63) is 29.6 Å². The van der Waals surface area contributed by atoms with Gasteiger partial charge in [0.05, 0.1) is 35.3 Å². The molecule has 0 bridgehead atoms. The molecule has 0 saturated heterocycles. The summed E-state index contributed by atoms with van der Waals surface area (Å²) < 4.78 is 1.84. The molecule has 0 radical (unpaired) electrons.